The maximum atomic E-state index is 8.58. The Kier molecular flexibility index (Phi) is 4.61. The molecule has 0 bridgehead atoms. The molecule has 0 radical (unpaired) electrons. The zero-order valence-corrected chi connectivity index (χ0v) is 9.83. The van der Waals surface area contributed by atoms with Gasteiger partial charge in [0, 0.05) is 11.1 Å². The highest BCUT2D eigenvalue weighted by molar-refractivity contribution is 6.30. The second-order valence-corrected chi connectivity index (χ2v) is 4.19. The molecule has 1 atom stereocenters. The van der Waals surface area contributed by atoms with E-state index in [0.29, 0.717) is 12.6 Å². The van der Waals surface area contributed by atoms with Gasteiger partial charge < -0.3 is 0 Å². The number of nitriles is 1. The summed E-state index contributed by atoms with van der Waals surface area (Å²) in [7, 11) is 1.96. The molecule has 0 spiro atoms. The maximum absolute atomic E-state index is 8.58. The number of benzene rings is 1. The number of hydrogen-bond donors (Lipinski definition) is 0. The zero-order chi connectivity index (χ0) is 11.3. The first kappa shape index (κ1) is 12.0. The largest absolute Gasteiger partial charge is 0.291 e. The molecule has 1 aromatic rings. The smallest absolute Gasteiger partial charge is 0.0865 e. The third-order valence-electron chi connectivity index (χ3n) is 2.52. The van der Waals surface area contributed by atoms with Gasteiger partial charge in [-0.25, -0.2) is 0 Å². The molecule has 1 rings (SSSR count). The van der Waals surface area contributed by atoms with Gasteiger partial charge in [0.15, 0.2) is 0 Å². The Labute approximate surface area is 96.1 Å². The minimum atomic E-state index is 0.367. The van der Waals surface area contributed by atoms with Gasteiger partial charge in [0.05, 0.1) is 12.6 Å². The normalized spacial score (nSPS) is 12.5. The van der Waals surface area contributed by atoms with Gasteiger partial charge in [-0.3, -0.25) is 4.90 Å². The maximum Gasteiger partial charge on any atom is 0.0865 e. The summed E-state index contributed by atoms with van der Waals surface area (Å²) in [5.41, 5.74) is 1.25. The third-order valence-corrected chi connectivity index (χ3v) is 2.77. The fourth-order valence-corrected chi connectivity index (χ4v) is 1.51. The van der Waals surface area contributed by atoms with Crippen LogP contribution in [0.1, 0.15) is 12.5 Å². The first-order chi connectivity index (χ1) is 7.13. The summed E-state index contributed by atoms with van der Waals surface area (Å²) in [5, 5.41) is 9.34. The SMILES string of the molecule is C[C@H](Cc1ccc(Cl)cc1)N(C)CC#N. The van der Waals surface area contributed by atoms with Crippen LogP contribution in [0.4, 0.5) is 0 Å². The van der Waals surface area contributed by atoms with Crippen molar-refractivity contribution in [1.29, 1.82) is 5.26 Å². The van der Waals surface area contributed by atoms with Crippen LogP contribution in [0.3, 0.4) is 0 Å². The number of rotatable bonds is 4. The van der Waals surface area contributed by atoms with Crippen molar-refractivity contribution in [1.82, 2.24) is 4.90 Å². The quantitative estimate of drug-likeness (QED) is 0.733. The summed E-state index contributed by atoms with van der Waals surface area (Å²) >= 11 is 5.81. The summed E-state index contributed by atoms with van der Waals surface area (Å²) in [6.07, 6.45) is 0.940. The van der Waals surface area contributed by atoms with E-state index >= 15 is 0 Å². The molecule has 0 amide bonds. The lowest BCUT2D eigenvalue weighted by Crippen LogP contribution is -2.31. The van der Waals surface area contributed by atoms with Crippen LogP contribution in [0.15, 0.2) is 24.3 Å². The van der Waals surface area contributed by atoms with Gasteiger partial charge in [0.2, 0.25) is 0 Å². The minimum absolute atomic E-state index is 0.367. The second-order valence-electron chi connectivity index (χ2n) is 3.75. The van der Waals surface area contributed by atoms with Gasteiger partial charge in [-0.1, -0.05) is 23.7 Å². The van der Waals surface area contributed by atoms with Crippen molar-refractivity contribution in [3.05, 3.63) is 34.9 Å². The highest BCUT2D eigenvalue weighted by atomic mass is 35.5. The van der Waals surface area contributed by atoms with Crippen LogP contribution in [0.2, 0.25) is 5.02 Å². The highest BCUT2D eigenvalue weighted by Crippen LogP contribution is 2.12. The van der Waals surface area contributed by atoms with Crippen LogP contribution in [0.25, 0.3) is 0 Å². The fourth-order valence-electron chi connectivity index (χ4n) is 1.38. The summed E-state index contributed by atoms with van der Waals surface area (Å²) < 4.78 is 0. The van der Waals surface area contributed by atoms with Gasteiger partial charge in [-0.2, -0.15) is 5.26 Å². The van der Waals surface area contributed by atoms with Crippen LogP contribution in [0, 0.1) is 11.3 Å². The van der Waals surface area contributed by atoms with Gasteiger partial charge in [0.1, 0.15) is 0 Å². The van der Waals surface area contributed by atoms with Crippen LogP contribution >= 0.6 is 11.6 Å². The molecule has 0 N–H and O–H groups in total. The zero-order valence-electron chi connectivity index (χ0n) is 9.07. The van der Waals surface area contributed by atoms with E-state index in [1.807, 2.05) is 36.2 Å². The molecule has 0 aliphatic carbocycles. The number of nitrogens with zero attached hydrogens (tertiary/aromatic N) is 2. The summed E-state index contributed by atoms with van der Waals surface area (Å²) in [6.45, 7) is 2.58. The van der Waals surface area contributed by atoms with E-state index in [2.05, 4.69) is 13.0 Å². The van der Waals surface area contributed by atoms with Gasteiger partial charge in [-0.15, -0.1) is 0 Å². The monoisotopic (exact) mass is 222 g/mol. The number of likely N-dealkylation sites (N-methyl/N-ethyl adjacent to an activating group) is 1. The Morgan fingerprint density at radius 2 is 2.00 bits per heavy atom. The van der Waals surface area contributed by atoms with Gasteiger partial charge in [-0.05, 0) is 38.1 Å². The second kappa shape index (κ2) is 5.75. The van der Waals surface area contributed by atoms with E-state index < -0.39 is 0 Å². The van der Waals surface area contributed by atoms with Crippen molar-refractivity contribution in [2.75, 3.05) is 13.6 Å². The summed E-state index contributed by atoms with van der Waals surface area (Å²) in [6, 6.07) is 10.4. The lowest BCUT2D eigenvalue weighted by molar-refractivity contribution is 0.286. The fraction of sp³-hybridized carbons (Fsp3) is 0.417. The predicted molar refractivity (Wildman–Crippen MR) is 62.9 cm³/mol. The molecule has 0 aliphatic heterocycles. The van der Waals surface area contributed by atoms with E-state index in [1.165, 1.54) is 5.56 Å². The van der Waals surface area contributed by atoms with Crippen LogP contribution < -0.4 is 0 Å². The Bertz CT molecular complexity index is 340. The average molecular weight is 223 g/mol. The molecule has 15 heavy (non-hydrogen) atoms. The van der Waals surface area contributed by atoms with Crippen LogP contribution in [-0.2, 0) is 6.42 Å². The average Bonchev–Trinajstić information content (AvgIpc) is 2.22. The summed E-state index contributed by atoms with van der Waals surface area (Å²) in [4.78, 5) is 2.04. The molecule has 0 aromatic heterocycles. The molecule has 1 aromatic carbocycles. The van der Waals surface area contributed by atoms with E-state index in [-0.39, 0.29) is 0 Å². The third kappa shape index (κ3) is 3.91. The number of hydrogen-bond acceptors (Lipinski definition) is 2. The van der Waals surface area contributed by atoms with Crippen LogP contribution in [0.5, 0.6) is 0 Å². The molecular formula is C12H15ClN2. The summed E-state index contributed by atoms with van der Waals surface area (Å²) in [5.74, 6) is 0. The van der Waals surface area contributed by atoms with Gasteiger partial charge in [0.25, 0.3) is 0 Å². The molecule has 2 nitrogen and oxygen atoms in total. The first-order valence-electron chi connectivity index (χ1n) is 4.95. The van der Waals surface area contributed by atoms with Crippen molar-refractivity contribution < 1.29 is 0 Å². The van der Waals surface area contributed by atoms with E-state index in [1.54, 1.807) is 0 Å². The molecule has 0 unspecified atom stereocenters. The molecule has 80 valence electrons. The molecular weight excluding hydrogens is 208 g/mol. The molecule has 0 aliphatic rings. The van der Waals surface area contributed by atoms with Crippen molar-refractivity contribution in [2.45, 2.75) is 19.4 Å². The van der Waals surface area contributed by atoms with E-state index in [0.717, 1.165) is 11.4 Å². The molecule has 0 fully saturated rings. The number of halogens is 1. The molecule has 0 heterocycles. The Balaban J connectivity index is 2.55. The van der Waals surface area contributed by atoms with Crippen molar-refractivity contribution in [3.63, 3.8) is 0 Å². The van der Waals surface area contributed by atoms with Crippen LogP contribution in [-0.4, -0.2) is 24.5 Å². The Morgan fingerprint density at radius 3 is 2.53 bits per heavy atom. The Morgan fingerprint density at radius 1 is 1.40 bits per heavy atom. The van der Waals surface area contributed by atoms with Crippen molar-refractivity contribution in [2.24, 2.45) is 0 Å². The van der Waals surface area contributed by atoms with E-state index in [9.17, 15) is 0 Å². The molecule has 0 saturated carbocycles. The van der Waals surface area contributed by atoms with Gasteiger partial charge >= 0.3 is 0 Å². The molecule has 0 saturated heterocycles. The van der Waals surface area contributed by atoms with Crippen molar-refractivity contribution in [3.8, 4) is 6.07 Å². The predicted octanol–water partition coefficient (Wildman–Crippen LogP) is 2.73. The first-order valence-corrected chi connectivity index (χ1v) is 5.33. The van der Waals surface area contributed by atoms with E-state index in [4.69, 9.17) is 16.9 Å². The lowest BCUT2D eigenvalue weighted by Gasteiger charge is -2.21. The highest BCUT2D eigenvalue weighted by Gasteiger charge is 2.08. The molecule has 3 heteroatoms. The standard InChI is InChI=1S/C12H15ClN2/c1-10(15(2)8-7-14)9-11-3-5-12(13)6-4-11/h3-6,10H,8-9H2,1-2H3/t10-/m1/s1. The Hall–Kier alpha value is -1.04. The topological polar surface area (TPSA) is 27.0 Å². The van der Waals surface area contributed by atoms with Crippen molar-refractivity contribution >= 4 is 11.6 Å². The lowest BCUT2D eigenvalue weighted by atomic mass is 10.1. The minimum Gasteiger partial charge on any atom is -0.291 e.